The average molecular weight is 347 g/mol. The van der Waals surface area contributed by atoms with Crippen molar-refractivity contribution in [1.82, 2.24) is 10.2 Å². The summed E-state index contributed by atoms with van der Waals surface area (Å²) in [6.07, 6.45) is 2.81. The van der Waals surface area contributed by atoms with Gasteiger partial charge in [-0.1, -0.05) is 23.7 Å². The number of nitrogens with zero attached hydrogens (tertiary/aromatic N) is 1. The molecule has 1 aromatic carbocycles. The van der Waals surface area contributed by atoms with Gasteiger partial charge in [-0.15, -0.1) is 0 Å². The highest BCUT2D eigenvalue weighted by Crippen LogP contribution is 2.20. The number of furan rings is 1. The van der Waals surface area contributed by atoms with Crippen LogP contribution in [-0.2, 0) is 11.3 Å². The van der Waals surface area contributed by atoms with Crippen LogP contribution in [0.3, 0.4) is 0 Å². The van der Waals surface area contributed by atoms with E-state index in [9.17, 15) is 9.59 Å². The van der Waals surface area contributed by atoms with Crippen molar-refractivity contribution in [1.29, 1.82) is 0 Å². The Labute approximate surface area is 145 Å². The van der Waals surface area contributed by atoms with Crippen molar-refractivity contribution in [2.45, 2.75) is 19.4 Å². The smallest absolute Gasteiger partial charge is 0.289 e. The molecule has 3 rings (SSSR count). The average Bonchev–Trinajstić information content (AvgIpc) is 3.14. The Morgan fingerprint density at radius 3 is 2.67 bits per heavy atom. The van der Waals surface area contributed by atoms with Crippen LogP contribution in [-0.4, -0.2) is 29.8 Å². The number of nitrogens with one attached hydrogen (secondary N) is 1. The van der Waals surface area contributed by atoms with E-state index in [-0.39, 0.29) is 17.7 Å². The number of hydrogen-bond donors (Lipinski definition) is 1. The number of rotatable bonds is 4. The molecule has 0 spiro atoms. The zero-order chi connectivity index (χ0) is 16.9. The quantitative estimate of drug-likeness (QED) is 0.925. The first-order chi connectivity index (χ1) is 11.6. The largest absolute Gasteiger partial charge is 0.459 e. The summed E-state index contributed by atoms with van der Waals surface area (Å²) in [7, 11) is 0. The zero-order valence-electron chi connectivity index (χ0n) is 13.2. The van der Waals surface area contributed by atoms with E-state index < -0.39 is 0 Å². The van der Waals surface area contributed by atoms with E-state index in [4.69, 9.17) is 16.0 Å². The summed E-state index contributed by atoms with van der Waals surface area (Å²) in [5.74, 6) is 0.196. The lowest BCUT2D eigenvalue weighted by molar-refractivity contribution is -0.126. The minimum atomic E-state index is -0.113. The van der Waals surface area contributed by atoms with Crippen LogP contribution in [0.2, 0.25) is 5.02 Å². The SMILES string of the molecule is O=C(NCc1cccc(Cl)c1)C1CCN(C(=O)c2ccco2)CC1. The molecule has 5 nitrogen and oxygen atoms in total. The van der Waals surface area contributed by atoms with Crippen LogP contribution in [0.5, 0.6) is 0 Å². The third kappa shape index (κ3) is 3.97. The van der Waals surface area contributed by atoms with E-state index in [1.54, 1.807) is 23.1 Å². The first-order valence-electron chi connectivity index (χ1n) is 7.98. The summed E-state index contributed by atoms with van der Waals surface area (Å²) in [5, 5.41) is 3.61. The van der Waals surface area contributed by atoms with Gasteiger partial charge in [-0.25, -0.2) is 0 Å². The molecule has 2 amide bonds. The van der Waals surface area contributed by atoms with Gasteiger partial charge in [0.25, 0.3) is 5.91 Å². The molecule has 0 bridgehead atoms. The molecular formula is C18H19ClN2O3. The van der Waals surface area contributed by atoms with Crippen LogP contribution in [0.1, 0.15) is 29.0 Å². The second-order valence-electron chi connectivity index (χ2n) is 5.89. The van der Waals surface area contributed by atoms with Crippen LogP contribution in [0.15, 0.2) is 47.1 Å². The van der Waals surface area contributed by atoms with Gasteiger partial charge < -0.3 is 14.6 Å². The predicted molar refractivity (Wildman–Crippen MR) is 90.6 cm³/mol. The Morgan fingerprint density at radius 1 is 1.21 bits per heavy atom. The maximum atomic E-state index is 12.3. The molecule has 0 aliphatic carbocycles. The van der Waals surface area contributed by atoms with Crippen molar-refractivity contribution in [3.8, 4) is 0 Å². The summed E-state index contributed by atoms with van der Waals surface area (Å²) in [4.78, 5) is 26.2. The van der Waals surface area contributed by atoms with E-state index in [1.807, 2.05) is 18.2 Å². The normalized spacial score (nSPS) is 15.3. The summed E-state index contributed by atoms with van der Waals surface area (Å²) in [6.45, 7) is 1.59. The molecule has 1 aliphatic heterocycles. The Hall–Kier alpha value is -2.27. The van der Waals surface area contributed by atoms with E-state index in [2.05, 4.69) is 5.32 Å². The van der Waals surface area contributed by atoms with Crippen LogP contribution in [0, 0.1) is 5.92 Å². The van der Waals surface area contributed by atoms with Crippen molar-refractivity contribution in [3.05, 3.63) is 59.0 Å². The van der Waals surface area contributed by atoms with Crippen molar-refractivity contribution in [3.63, 3.8) is 0 Å². The molecule has 126 valence electrons. The van der Waals surface area contributed by atoms with Crippen LogP contribution in [0.25, 0.3) is 0 Å². The third-order valence-corrected chi connectivity index (χ3v) is 4.48. The predicted octanol–water partition coefficient (Wildman–Crippen LogP) is 3.10. The Bertz CT molecular complexity index is 707. The summed E-state index contributed by atoms with van der Waals surface area (Å²) in [5.41, 5.74) is 0.973. The van der Waals surface area contributed by atoms with Gasteiger partial charge in [0.15, 0.2) is 5.76 Å². The van der Waals surface area contributed by atoms with E-state index in [1.165, 1.54) is 6.26 Å². The highest BCUT2D eigenvalue weighted by Gasteiger charge is 2.28. The maximum Gasteiger partial charge on any atom is 0.289 e. The second-order valence-corrected chi connectivity index (χ2v) is 6.33. The van der Waals surface area contributed by atoms with Gasteiger partial charge in [-0.05, 0) is 42.7 Å². The minimum Gasteiger partial charge on any atom is -0.459 e. The topological polar surface area (TPSA) is 62.6 Å². The van der Waals surface area contributed by atoms with E-state index >= 15 is 0 Å². The number of carbonyl (C=O) groups excluding carboxylic acids is 2. The second kappa shape index (κ2) is 7.53. The number of halogens is 1. The number of carbonyl (C=O) groups is 2. The van der Waals surface area contributed by atoms with Gasteiger partial charge in [-0.2, -0.15) is 0 Å². The number of hydrogen-bond acceptors (Lipinski definition) is 3. The Kier molecular flexibility index (Phi) is 5.20. The molecule has 0 atom stereocenters. The highest BCUT2D eigenvalue weighted by atomic mass is 35.5. The maximum absolute atomic E-state index is 12.3. The number of benzene rings is 1. The van der Waals surface area contributed by atoms with Crippen LogP contribution >= 0.6 is 11.6 Å². The van der Waals surface area contributed by atoms with Gasteiger partial charge in [0.05, 0.1) is 6.26 Å². The Morgan fingerprint density at radius 2 is 2.00 bits per heavy atom. The lowest BCUT2D eigenvalue weighted by Crippen LogP contribution is -2.42. The van der Waals surface area contributed by atoms with Gasteiger partial charge >= 0.3 is 0 Å². The summed E-state index contributed by atoms with van der Waals surface area (Å²) < 4.78 is 5.14. The number of amides is 2. The van der Waals surface area contributed by atoms with Crippen molar-refractivity contribution in [2.24, 2.45) is 5.92 Å². The summed E-state index contributed by atoms with van der Waals surface area (Å²) in [6, 6.07) is 10.8. The fraction of sp³-hybridized carbons (Fsp3) is 0.333. The monoisotopic (exact) mass is 346 g/mol. The molecule has 1 fully saturated rings. The van der Waals surface area contributed by atoms with Crippen LogP contribution in [0.4, 0.5) is 0 Å². The zero-order valence-corrected chi connectivity index (χ0v) is 14.0. The fourth-order valence-corrected chi connectivity index (χ4v) is 3.09. The van der Waals surface area contributed by atoms with Gasteiger partial charge in [0.1, 0.15) is 0 Å². The standard InChI is InChI=1S/C18H19ClN2O3/c19-15-4-1-3-13(11-15)12-20-17(22)14-6-8-21(9-7-14)18(23)16-5-2-10-24-16/h1-5,10-11,14H,6-9,12H2,(H,20,22). The third-order valence-electron chi connectivity index (χ3n) is 4.24. The molecule has 1 aliphatic rings. The van der Waals surface area contributed by atoms with Crippen LogP contribution < -0.4 is 5.32 Å². The molecule has 24 heavy (non-hydrogen) atoms. The fourth-order valence-electron chi connectivity index (χ4n) is 2.88. The molecule has 2 aromatic rings. The molecule has 6 heteroatoms. The minimum absolute atomic E-state index is 0.0278. The summed E-state index contributed by atoms with van der Waals surface area (Å²) >= 11 is 5.94. The molecular weight excluding hydrogens is 328 g/mol. The first kappa shape index (κ1) is 16.6. The molecule has 1 aromatic heterocycles. The number of likely N-dealkylation sites (tertiary alicyclic amines) is 1. The molecule has 1 N–H and O–H groups in total. The van der Waals surface area contributed by atoms with Gasteiger partial charge in [0, 0.05) is 30.6 Å². The van der Waals surface area contributed by atoms with Gasteiger partial charge in [-0.3, -0.25) is 9.59 Å². The lowest BCUT2D eigenvalue weighted by Gasteiger charge is -2.30. The number of piperidine rings is 1. The Balaban J connectivity index is 1.47. The van der Waals surface area contributed by atoms with Gasteiger partial charge in [0.2, 0.25) is 5.91 Å². The van der Waals surface area contributed by atoms with E-state index in [0.717, 1.165) is 5.56 Å². The molecule has 0 radical (unpaired) electrons. The molecule has 0 saturated carbocycles. The van der Waals surface area contributed by atoms with E-state index in [0.29, 0.717) is 43.3 Å². The lowest BCUT2D eigenvalue weighted by atomic mass is 9.95. The molecule has 0 unspecified atom stereocenters. The highest BCUT2D eigenvalue weighted by molar-refractivity contribution is 6.30. The molecule has 2 heterocycles. The first-order valence-corrected chi connectivity index (χ1v) is 8.36. The van der Waals surface area contributed by atoms with Crippen molar-refractivity contribution < 1.29 is 14.0 Å². The molecule has 1 saturated heterocycles. The van der Waals surface area contributed by atoms with Crippen molar-refractivity contribution >= 4 is 23.4 Å². The van der Waals surface area contributed by atoms with Crippen molar-refractivity contribution in [2.75, 3.05) is 13.1 Å².